The SMILES string of the molecule is COCCN(CC#N)C(=O)Cl. The molecular formula is C6H9ClN2O2. The molecule has 1 amide bonds. The summed E-state index contributed by atoms with van der Waals surface area (Å²) < 4.78 is 4.71. The van der Waals surface area contributed by atoms with Crippen LogP contribution >= 0.6 is 11.6 Å². The Kier molecular flexibility index (Phi) is 5.53. The third kappa shape index (κ3) is 4.59. The highest BCUT2D eigenvalue weighted by Crippen LogP contribution is 1.94. The number of nitrogens with zero attached hydrogens (tertiary/aromatic N) is 2. The summed E-state index contributed by atoms with van der Waals surface area (Å²) in [5.41, 5.74) is 0. The van der Waals surface area contributed by atoms with Gasteiger partial charge in [-0.3, -0.25) is 4.79 Å². The lowest BCUT2D eigenvalue weighted by atomic mass is 10.5. The molecule has 0 aliphatic carbocycles. The summed E-state index contributed by atoms with van der Waals surface area (Å²) in [7, 11) is 1.52. The summed E-state index contributed by atoms with van der Waals surface area (Å²) in [5, 5.41) is 7.62. The van der Waals surface area contributed by atoms with Crippen LogP contribution in [-0.2, 0) is 4.74 Å². The van der Waals surface area contributed by atoms with Crippen LogP contribution in [0.15, 0.2) is 0 Å². The van der Waals surface area contributed by atoms with E-state index in [0.29, 0.717) is 13.2 Å². The van der Waals surface area contributed by atoms with Crippen molar-refractivity contribution in [3.63, 3.8) is 0 Å². The number of amides is 1. The summed E-state index contributed by atoms with van der Waals surface area (Å²) in [6.45, 7) is 0.748. The summed E-state index contributed by atoms with van der Waals surface area (Å²) in [5.74, 6) is 0. The highest BCUT2D eigenvalue weighted by Gasteiger charge is 2.08. The maximum Gasteiger partial charge on any atom is 0.317 e. The normalized spacial score (nSPS) is 8.82. The molecule has 0 heterocycles. The number of ether oxygens (including phenoxy) is 1. The summed E-state index contributed by atoms with van der Waals surface area (Å²) >= 11 is 5.14. The van der Waals surface area contributed by atoms with Crippen LogP contribution in [0, 0.1) is 11.3 Å². The minimum Gasteiger partial charge on any atom is -0.383 e. The van der Waals surface area contributed by atoms with Crippen molar-refractivity contribution < 1.29 is 9.53 Å². The molecule has 0 spiro atoms. The van der Waals surface area contributed by atoms with Crippen molar-refractivity contribution in [1.29, 1.82) is 5.26 Å². The zero-order valence-corrected chi connectivity index (χ0v) is 6.97. The van der Waals surface area contributed by atoms with Crippen LogP contribution in [0.2, 0.25) is 0 Å². The molecule has 4 nitrogen and oxygen atoms in total. The topological polar surface area (TPSA) is 53.3 Å². The number of nitriles is 1. The first-order valence-electron chi connectivity index (χ1n) is 3.02. The van der Waals surface area contributed by atoms with E-state index in [9.17, 15) is 4.79 Å². The molecule has 0 radical (unpaired) electrons. The Morgan fingerprint density at radius 3 is 2.82 bits per heavy atom. The largest absolute Gasteiger partial charge is 0.383 e. The van der Waals surface area contributed by atoms with Crippen LogP contribution in [0.4, 0.5) is 4.79 Å². The van der Waals surface area contributed by atoms with Gasteiger partial charge in [0.25, 0.3) is 0 Å². The first kappa shape index (κ1) is 10.2. The predicted molar refractivity (Wildman–Crippen MR) is 40.3 cm³/mol. The van der Waals surface area contributed by atoms with E-state index in [1.54, 1.807) is 0 Å². The molecule has 0 N–H and O–H groups in total. The van der Waals surface area contributed by atoms with Crippen molar-refractivity contribution in [3.05, 3.63) is 0 Å². The van der Waals surface area contributed by atoms with Crippen LogP contribution in [0.3, 0.4) is 0 Å². The monoisotopic (exact) mass is 176 g/mol. The highest BCUT2D eigenvalue weighted by atomic mass is 35.5. The van der Waals surface area contributed by atoms with E-state index in [2.05, 4.69) is 0 Å². The molecule has 0 aliphatic heterocycles. The second-order valence-corrected chi connectivity index (χ2v) is 2.15. The van der Waals surface area contributed by atoms with Crippen LogP contribution in [0.25, 0.3) is 0 Å². The Balaban J connectivity index is 3.72. The quantitative estimate of drug-likeness (QED) is 0.362. The lowest BCUT2D eigenvalue weighted by molar-refractivity contribution is 0.164. The van der Waals surface area contributed by atoms with Gasteiger partial charge in [0.2, 0.25) is 0 Å². The van der Waals surface area contributed by atoms with Crippen molar-refractivity contribution in [2.75, 3.05) is 26.8 Å². The lowest BCUT2D eigenvalue weighted by Gasteiger charge is -2.14. The summed E-state index contributed by atoms with van der Waals surface area (Å²) in [4.78, 5) is 11.7. The third-order valence-electron chi connectivity index (χ3n) is 1.08. The van der Waals surface area contributed by atoms with E-state index < -0.39 is 5.37 Å². The van der Waals surface area contributed by atoms with E-state index in [0.717, 1.165) is 0 Å². The maximum absolute atomic E-state index is 10.5. The maximum atomic E-state index is 10.5. The molecule has 62 valence electrons. The Morgan fingerprint density at radius 2 is 2.45 bits per heavy atom. The van der Waals surface area contributed by atoms with Crippen LogP contribution in [-0.4, -0.2) is 37.1 Å². The molecular weight excluding hydrogens is 168 g/mol. The van der Waals surface area contributed by atoms with Gasteiger partial charge in [0.15, 0.2) is 0 Å². The van der Waals surface area contributed by atoms with E-state index >= 15 is 0 Å². The number of rotatable bonds is 4. The number of carbonyl (C=O) groups is 1. The zero-order valence-electron chi connectivity index (χ0n) is 6.21. The Morgan fingerprint density at radius 1 is 1.82 bits per heavy atom. The van der Waals surface area contributed by atoms with Gasteiger partial charge in [0.1, 0.15) is 6.54 Å². The van der Waals surface area contributed by atoms with E-state index in [1.807, 2.05) is 6.07 Å². The average molecular weight is 177 g/mol. The molecule has 0 aliphatic rings. The highest BCUT2D eigenvalue weighted by molar-refractivity contribution is 6.62. The molecule has 11 heavy (non-hydrogen) atoms. The Labute approximate surface area is 70.3 Å². The Bertz CT molecular complexity index is 166. The van der Waals surface area contributed by atoms with Crippen LogP contribution in [0.5, 0.6) is 0 Å². The number of halogens is 1. The molecule has 0 saturated carbocycles. The molecule has 0 aromatic carbocycles. The zero-order chi connectivity index (χ0) is 8.69. The van der Waals surface area contributed by atoms with Gasteiger partial charge < -0.3 is 9.64 Å². The van der Waals surface area contributed by atoms with Gasteiger partial charge in [-0.05, 0) is 11.6 Å². The average Bonchev–Trinajstić information content (AvgIpc) is 1.97. The third-order valence-corrected chi connectivity index (χ3v) is 1.31. The van der Waals surface area contributed by atoms with Crippen molar-refractivity contribution in [1.82, 2.24) is 4.90 Å². The molecule has 0 aromatic rings. The minimum absolute atomic E-state index is 0.00565. The van der Waals surface area contributed by atoms with E-state index in [-0.39, 0.29) is 6.54 Å². The van der Waals surface area contributed by atoms with Crippen molar-refractivity contribution >= 4 is 17.0 Å². The van der Waals surface area contributed by atoms with Gasteiger partial charge in [-0.2, -0.15) is 5.26 Å². The number of hydrogen-bond acceptors (Lipinski definition) is 3. The molecule has 0 fully saturated rings. The number of carbonyl (C=O) groups excluding carboxylic acids is 1. The molecule has 0 saturated heterocycles. The fourth-order valence-electron chi connectivity index (χ4n) is 0.516. The lowest BCUT2D eigenvalue weighted by Crippen LogP contribution is -2.29. The minimum atomic E-state index is -0.622. The van der Waals surface area contributed by atoms with Gasteiger partial charge in [-0.15, -0.1) is 0 Å². The van der Waals surface area contributed by atoms with Gasteiger partial charge in [-0.25, -0.2) is 0 Å². The molecule has 0 bridgehead atoms. The Hall–Kier alpha value is -0.790. The van der Waals surface area contributed by atoms with Gasteiger partial charge in [0.05, 0.1) is 12.7 Å². The second kappa shape index (κ2) is 5.96. The molecule has 0 unspecified atom stereocenters. The summed E-state index contributed by atoms with van der Waals surface area (Å²) in [6.07, 6.45) is 0. The van der Waals surface area contributed by atoms with Crippen LogP contribution in [0.1, 0.15) is 0 Å². The standard InChI is InChI=1S/C6H9ClN2O2/c1-11-5-4-9(3-2-8)6(7)10/h3-5H2,1H3. The van der Waals surface area contributed by atoms with Gasteiger partial charge in [0, 0.05) is 13.7 Å². The number of hydrogen-bond donors (Lipinski definition) is 0. The first-order chi connectivity index (χ1) is 5.22. The molecule has 0 atom stereocenters. The van der Waals surface area contributed by atoms with Gasteiger partial charge in [-0.1, -0.05) is 0 Å². The second-order valence-electron chi connectivity index (χ2n) is 1.83. The van der Waals surface area contributed by atoms with Crippen LogP contribution < -0.4 is 0 Å². The first-order valence-corrected chi connectivity index (χ1v) is 3.40. The van der Waals surface area contributed by atoms with Gasteiger partial charge >= 0.3 is 5.37 Å². The predicted octanol–water partition coefficient (Wildman–Crippen LogP) is 0.817. The fraction of sp³-hybridized carbons (Fsp3) is 0.667. The van der Waals surface area contributed by atoms with E-state index in [1.165, 1.54) is 12.0 Å². The fourth-order valence-corrected chi connectivity index (χ4v) is 0.660. The van der Waals surface area contributed by atoms with Crippen molar-refractivity contribution in [2.45, 2.75) is 0 Å². The number of methoxy groups -OCH3 is 1. The van der Waals surface area contributed by atoms with Crippen molar-refractivity contribution in [3.8, 4) is 6.07 Å². The van der Waals surface area contributed by atoms with E-state index in [4.69, 9.17) is 21.6 Å². The summed E-state index contributed by atoms with van der Waals surface area (Å²) in [6, 6.07) is 1.82. The molecule has 0 aromatic heterocycles. The molecule has 0 rings (SSSR count). The molecule has 5 heteroatoms. The van der Waals surface area contributed by atoms with Crippen molar-refractivity contribution in [2.24, 2.45) is 0 Å². The smallest absolute Gasteiger partial charge is 0.317 e.